The largest absolute Gasteiger partial charge is 0.442 e. The lowest BCUT2D eigenvalue weighted by atomic mass is 9.82. The van der Waals surface area contributed by atoms with Crippen LogP contribution >= 0.6 is 11.8 Å². The number of thioether (sulfide) groups is 1. The molecule has 7 nitrogen and oxygen atoms in total. The Kier molecular flexibility index (Phi) is 3.68. The molecule has 5 rings (SSSR count). The summed E-state index contributed by atoms with van der Waals surface area (Å²) in [5.74, 6) is 2.08. The molecule has 9 heteroatoms. The minimum atomic E-state index is -0.437. The van der Waals surface area contributed by atoms with E-state index in [2.05, 4.69) is 15.9 Å². The van der Waals surface area contributed by atoms with Crippen LogP contribution in [0, 0.1) is 11.2 Å². The quantitative estimate of drug-likeness (QED) is 0.825. The first kappa shape index (κ1) is 16.1. The van der Waals surface area contributed by atoms with E-state index in [1.54, 1.807) is 23.3 Å². The van der Waals surface area contributed by atoms with Crippen LogP contribution in [0.2, 0.25) is 0 Å². The molecular formula is C17H20FN5O2S. The van der Waals surface area contributed by atoms with E-state index in [9.17, 15) is 9.18 Å². The van der Waals surface area contributed by atoms with Gasteiger partial charge in [-0.15, -0.1) is 5.53 Å². The van der Waals surface area contributed by atoms with Crippen molar-refractivity contribution in [2.45, 2.75) is 6.10 Å². The normalized spacial score (nSPS) is 26.0. The molecule has 138 valence electrons. The van der Waals surface area contributed by atoms with Crippen molar-refractivity contribution in [3.05, 3.63) is 36.4 Å². The number of anilines is 2. The Bertz CT molecular complexity index is 764. The zero-order chi connectivity index (χ0) is 17.7. The Morgan fingerprint density at radius 1 is 1.35 bits per heavy atom. The van der Waals surface area contributed by atoms with Gasteiger partial charge in [0.2, 0.25) is 0 Å². The van der Waals surface area contributed by atoms with Crippen LogP contribution in [0.25, 0.3) is 0 Å². The number of ether oxygens (including phenoxy) is 1. The van der Waals surface area contributed by atoms with Crippen LogP contribution < -0.4 is 20.8 Å². The average molecular weight is 377 g/mol. The van der Waals surface area contributed by atoms with E-state index in [4.69, 9.17) is 4.74 Å². The Morgan fingerprint density at radius 2 is 2.19 bits per heavy atom. The number of benzene rings is 1. The van der Waals surface area contributed by atoms with Gasteiger partial charge in [-0.2, -0.15) is 11.8 Å². The standard InChI is InChI=1S/C17H20FN5O2S/c18-14-5-12(1-2-15(14)21-8-17(9-21)10-26-11-17)23-7-13(25-16(23)24)6-22-4-3-19-20-22/h1-5,13,19-20H,6-11H2/t13-/m0/s1. The Morgan fingerprint density at radius 3 is 2.85 bits per heavy atom. The summed E-state index contributed by atoms with van der Waals surface area (Å²) in [6.45, 7) is 2.76. The second-order valence-corrected chi connectivity index (χ2v) is 8.31. The third-order valence-electron chi connectivity index (χ3n) is 5.27. The molecule has 1 aromatic rings. The van der Waals surface area contributed by atoms with Gasteiger partial charge in [-0.3, -0.25) is 9.91 Å². The maximum atomic E-state index is 14.6. The molecule has 4 heterocycles. The van der Waals surface area contributed by atoms with Crippen LogP contribution in [0.1, 0.15) is 0 Å². The molecule has 1 spiro atoms. The number of rotatable bonds is 4. The molecule has 2 N–H and O–H groups in total. The van der Waals surface area contributed by atoms with E-state index < -0.39 is 6.09 Å². The summed E-state index contributed by atoms with van der Waals surface area (Å²) in [6, 6.07) is 5.02. The first-order valence-corrected chi connectivity index (χ1v) is 9.82. The molecule has 4 aliphatic rings. The average Bonchev–Trinajstić information content (AvgIpc) is 3.16. The molecule has 4 aliphatic heterocycles. The molecule has 0 aliphatic carbocycles. The van der Waals surface area contributed by atoms with Crippen LogP contribution in [0.4, 0.5) is 20.6 Å². The van der Waals surface area contributed by atoms with Gasteiger partial charge in [-0.25, -0.2) is 9.18 Å². The number of nitrogens with zero attached hydrogens (tertiary/aromatic N) is 3. The van der Waals surface area contributed by atoms with Crippen molar-refractivity contribution in [3.63, 3.8) is 0 Å². The predicted octanol–water partition coefficient (Wildman–Crippen LogP) is 1.50. The summed E-state index contributed by atoms with van der Waals surface area (Å²) in [5, 5.41) is 1.80. The van der Waals surface area contributed by atoms with Crippen molar-refractivity contribution in [1.82, 2.24) is 16.0 Å². The number of halogens is 1. The summed E-state index contributed by atoms with van der Waals surface area (Å²) in [5.41, 5.74) is 7.31. The molecule has 0 unspecified atom stereocenters. The molecular weight excluding hydrogens is 357 g/mol. The fraction of sp³-hybridized carbons (Fsp3) is 0.471. The first-order chi connectivity index (χ1) is 12.6. The monoisotopic (exact) mass is 377 g/mol. The molecule has 0 radical (unpaired) electrons. The molecule has 0 aromatic heterocycles. The van der Waals surface area contributed by atoms with Crippen LogP contribution in [-0.2, 0) is 4.74 Å². The predicted molar refractivity (Wildman–Crippen MR) is 98.1 cm³/mol. The molecule has 3 fully saturated rings. The number of amides is 1. The van der Waals surface area contributed by atoms with Crippen LogP contribution in [0.5, 0.6) is 0 Å². The van der Waals surface area contributed by atoms with Crippen molar-refractivity contribution >= 4 is 29.2 Å². The maximum Gasteiger partial charge on any atom is 0.414 e. The molecule has 0 bridgehead atoms. The highest BCUT2D eigenvalue weighted by Crippen LogP contribution is 2.47. The van der Waals surface area contributed by atoms with Crippen LogP contribution in [0.3, 0.4) is 0 Å². The fourth-order valence-corrected chi connectivity index (χ4v) is 5.01. The lowest BCUT2D eigenvalue weighted by molar-refractivity contribution is 0.109. The highest BCUT2D eigenvalue weighted by Gasteiger charge is 2.48. The zero-order valence-electron chi connectivity index (χ0n) is 14.2. The third kappa shape index (κ3) is 2.66. The van der Waals surface area contributed by atoms with E-state index in [1.165, 1.54) is 22.5 Å². The molecule has 0 saturated carbocycles. The minimum Gasteiger partial charge on any atom is -0.442 e. The van der Waals surface area contributed by atoms with Gasteiger partial charge in [-0.1, -0.05) is 0 Å². The molecule has 3 saturated heterocycles. The van der Waals surface area contributed by atoms with Gasteiger partial charge in [0.05, 0.1) is 24.5 Å². The van der Waals surface area contributed by atoms with E-state index in [-0.39, 0.29) is 11.9 Å². The highest BCUT2D eigenvalue weighted by molar-refractivity contribution is 8.00. The van der Waals surface area contributed by atoms with E-state index in [0.29, 0.717) is 29.9 Å². The summed E-state index contributed by atoms with van der Waals surface area (Å²) >= 11 is 1.96. The van der Waals surface area contributed by atoms with Crippen LogP contribution in [-0.4, -0.2) is 54.9 Å². The van der Waals surface area contributed by atoms with Gasteiger partial charge >= 0.3 is 6.09 Å². The van der Waals surface area contributed by atoms with Gasteiger partial charge in [0.25, 0.3) is 0 Å². The molecule has 1 atom stereocenters. The van der Waals surface area contributed by atoms with E-state index >= 15 is 0 Å². The number of nitrogens with one attached hydrogen (secondary N) is 2. The molecule has 26 heavy (non-hydrogen) atoms. The van der Waals surface area contributed by atoms with Crippen molar-refractivity contribution in [1.29, 1.82) is 0 Å². The lowest BCUT2D eigenvalue weighted by Crippen LogP contribution is -2.63. The maximum absolute atomic E-state index is 14.6. The third-order valence-corrected chi connectivity index (χ3v) is 6.91. The van der Waals surface area contributed by atoms with Gasteiger partial charge in [0.15, 0.2) is 0 Å². The first-order valence-electron chi connectivity index (χ1n) is 8.67. The smallest absolute Gasteiger partial charge is 0.414 e. The van der Waals surface area contributed by atoms with Crippen LogP contribution in [0.15, 0.2) is 30.6 Å². The SMILES string of the molecule is O=C1O[C@@H](CN2C=CNN2)CN1c1ccc(N2CC3(CSC3)C2)c(F)c1. The number of cyclic esters (lactones) is 1. The van der Waals surface area contributed by atoms with E-state index in [0.717, 1.165) is 13.1 Å². The summed E-state index contributed by atoms with van der Waals surface area (Å²) in [7, 11) is 0. The van der Waals surface area contributed by atoms with Crippen molar-refractivity contribution in [2.24, 2.45) is 5.41 Å². The van der Waals surface area contributed by atoms with Crippen molar-refractivity contribution in [2.75, 3.05) is 47.5 Å². The topological polar surface area (TPSA) is 60.1 Å². The number of carbonyl (C=O) groups excluding carboxylic acids is 1. The minimum absolute atomic E-state index is 0.283. The highest BCUT2D eigenvalue weighted by atomic mass is 32.2. The number of hydrogen-bond donors (Lipinski definition) is 2. The second-order valence-electron chi connectivity index (χ2n) is 7.33. The fourth-order valence-electron chi connectivity index (χ4n) is 3.87. The number of hydrazine groups is 2. The Labute approximate surface area is 155 Å². The lowest BCUT2D eigenvalue weighted by Gasteiger charge is -2.56. The van der Waals surface area contributed by atoms with Gasteiger partial charge < -0.3 is 15.1 Å². The number of hydrogen-bond acceptors (Lipinski definition) is 7. The van der Waals surface area contributed by atoms with Crippen molar-refractivity contribution < 1.29 is 13.9 Å². The van der Waals surface area contributed by atoms with Gasteiger partial charge in [0.1, 0.15) is 11.9 Å². The van der Waals surface area contributed by atoms with Gasteiger partial charge in [0, 0.05) is 42.4 Å². The van der Waals surface area contributed by atoms with E-state index in [1.807, 2.05) is 18.0 Å². The Hall–Kier alpha value is -2.13. The Balaban J connectivity index is 1.25. The van der Waals surface area contributed by atoms with Crippen molar-refractivity contribution in [3.8, 4) is 0 Å². The van der Waals surface area contributed by atoms with Gasteiger partial charge in [-0.05, 0) is 18.2 Å². The molecule has 1 amide bonds. The summed E-state index contributed by atoms with van der Waals surface area (Å²) in [4.78, 5) is 15.8. The number of carbonyl (C=O) groups is 1. The summed E-state index contributed by atoms with van der Waals surface area (Å²) < 4.78 is 20.0. The zero-order valence-corrected chi connectivity index (χ0v) is 15.0. The molecule has 1 aromatic carbocycles. The summed E-state index contributed by atoms with van der Waals surface area (Å²) in [6.07, 6.45) is 2.86. The second kappa shape index (κ2) is 5.95.